The predicted molar refractivity (Wildman–Crippen MR) is 113 cm³/mol. The molecule has 0 unspecified atom stereocenters. The van der Waals surface area contributed by atoms with Gasteiger partial charge in [-0.1, -0.05) is 6.07 Å². The smallest absolute Gasteiger partial charge is 0.255 e. The van der Waals surface area contributed by atoms with Crippen molar-refractivity contribution >= 4 is 24.0 Å². The molecular formula is C20H24ClN5O3. The number of nitrogens with two attached hydrogens (primary N) is 1. The van der Waals surface area contributed by atoms with E-state index in [4.69, 9.17) is 15.2 Å². The summed E-state index contributed by atoms with van der Waals surface area (Å²) in [7, 11) is 1.65. The van der Waals surface area contributed by atoms with Gasteiger partial charge in [0.2, 0.25) is 0 Å². The number of methoxy groups -OCH3 is 1. The van der Waals surface area contributed by atoms with Gasteiger partial charge in [0.15, 0.2) is 5.82 Å². The van der Waals surface area contributed by atoms with Crippen LogP contribution in [0.1, 0.15) is 22.6 Å². The Labute approximate surface area is 175 Å². The van der Waals surface area contributed by atoms with Crippen molar-refractivity contribution in [3.63, 3.8) is 0 Å². The molecule has 2 aromatic carbocycles. The van der Waals surface area contributed by atoms with Gasteiger partial charge in [0, 0.05) is 37.0 Å². The van der Waals surface area contributed by atoms with Gasteiger partial charge in [-0.25, -0.2) is 4.98 Å². The van der Waals surface area contributed by atoms with E-state index in [0.717, 1.165) is 12.0 Å². The zero-order valence-corrected chi connectivity index (χ0v) is 16.9. The maximum absolute atomic E-state index is 12.5. The van der Waals surface area contributed by atoms with Crippen molar-refractivity contribution in [1.82, 2.24) is 15.2 Å². The fourth-order valence-electron chi connectivity index (χ4n) is 2.54. The highest BCUT2D eigenvalue weighted by molar-refractivity contribution is 6.04. The number of carbonyl (C=O) groups excluding carboxylic acids is 1. The molecule has 1 aromatic heterocycles. The van der Waals surface area contributed by atoms with E-state index in [2.05, 4.69) is 20.5 Å². The van der Waals surface area contributed by atoms with Crippen LogP contribution in [0.5, 0.6) is 5.75 Å². The van der Waals surface area contributed by atoms with E-state index in [9.17, 15) is 4.79 Å². The summed E-state index contributed by atoms with van der Waals surface area (Å²) in [6.07, 6.45) is 0.789. The van der Waals surface area contributed by atoms with Crippen molar-refractivity contribution < 1.29 is 14.3 Å². The minimum absolute atomic E-state index is 0. The Morgan fingerprint density at radius 2 is 1.97 bits per heavy atom. The average molecular weight is 418 g/mol. The zero-order valence-electron chi connectivity index (χ0n) is 16.1. The van der Waals surface area contributed by atoms with Crippen LogP contribution in [-0.2, 0) is 11.3 Å². The third kappa shape index (κ3) is 6.28. The lowest BCUT2D eigenvalue weighted by molar-refractivity contribution is 0.102. The highest BCUT2D eigenvalue weighted by atomic mass is 35.5. The number of benzene rings is 2. The van der Waals surface area contributed by atoms with Gasteiger partial charge in [0.1, 0.15) is 11.6 Å². The molecule has 8 nitrogen and oxygen atoms in total. The average Bonchev–Trinajstić information content (AvgIpc) is 3.21. The van der Waals surface area contributed by atoms with E-state index in [-0.39, 0.29) is 18.3 Å². The first-order chi connectivity index (χ1) is 13.7. The molecule has 0 radical (unpaired) electrons. The number of aromatic nitrogens is 3. The van der Waals surface area contributed by atoms with Crippen LogP contribution in [0.25, 0.3) is 11.4 Å². The number of nitrogens with zero attached hydrogens (tertiary/aromatic N) is 2. The Bertz CT molecular complexity index is 914. The second-order valence-corrected chi connectivity index (χ2v) is 6.06. The maximum Gasteiger partial charge on any atom is 0.255 e. The monoisotopic (exact) mass is 417 g/mol. The van der Waals surface area contributed by atoms with Gasteiger partial charge in [-0.15, -0.1) is 12.4 Å². The molecule has 4 N–H and O–H groups in total. The molecule has 0 atom stereocenters. The summed E-state index contributed by atoms with van der Waals surface area (Å²) in [5, 5.41) is 9.76. The Morgan fingerprint density at radius 1 is 1.17 bits per heavy atom. The number of ether oxygens (including phenoxy) is 2. The number of H-pyrrole nitrogens is 1. The Kier molecular flexibility index (Phi) is 8.60. The summed E-state index contributed by atoms with van der Waals surface area (Å²) in [4.78, 5) is 16.8. The van der Waals surface area contributed by atoms with Gasteiger partial charge in [0.05, 0.1) is 13.2 Å². The summed E-state index contributed by atoms with van der Waals surface area (Å²) in [6.45, 7) is 1.47. The number of hydrogen-bond acceptors (Lipinski definition) is 6. The van der Waals surface area contributed by atoms with Gasteiger partial charge < -0.3 is 20.5 Å². The van der Waals surface area contributed by atoms with E-state index in [0.29, 0.717) is 48.4 Å². The van der Waals surface area contributed by atoms with Crippen LogP contribution in [0.15, 0.2) is 48.5 Å². The molecule has 0 aliphatic heterocycles. The van der Waals surface area contributed by atoms with Crippen LogP contribution in [0.2, 0.25) is 0 Å². The van der Waals surface area contributed by atoms with Crippen molar-refractivity contribution in [2.75, 3.05) is 25.6 Å². The second-order valence-electron chi connectivity index (χ2n) is 6.06. The molecule has 3 rings (SSSR count). The molecule has 1 heterocycles. The number of hydrogen-bond donors (Lipinski definition) is 3. The van der Waals surface area contributed by atoms with Crippen molar-refractivity contribution in [3.05, 3.63) is 59.9 Å². The number of nitrogens with one attached hydrogen (secondary N) is 2. The SMILES string of the molecule is COCCCOc1cccc(C(=O)Nc2ccc(-c3n[nH]c(CN)n3)cc2)c1.Cl. The van der Waals surface area contributed by atoms with Gasteiger partial charge in [0.25, 0.3) is 5.91 Å². The molecule has 0 saturated carbocycles. The van der Waals surface area contributed by atoms with Crippen molar-refractivity contribution in [2.45, 2.75) is 13.0 Å². The Morgan fingerprint density at radius 3 is 2.66 bits per heavy atom. The van der Waals surface area contributed by atoms with Crippen LogP contribution < -0.4 is 15.8 Å². The van der Waals surface area contributed by atoms with Crippen LogP contribution >= 0.6 is 12.4 Å². The summed E-state index contributed by atoms with van der Waals surface area (Å²) in [5.41, 5.74) is 7.56. The van der Waals surface area contributed by atoms with Crippen LogP contribution in [0, 0.1) is 0 Å². The molecule has 29 heavy (non-hydrogen) atoms. The molecule has 154 valence electrons. The molecule has 3 aromatic rings. The fraction of sp³-hybridized carbons (Fsp3) is 0.250. The largest absolute Gasteiger partial charge is 0.493 e. The highest BCUT2D eigenvalue weighted by Crippen LogP contribution is 2.19. The third-order valence-electron chi connectivity index (χ3n) is 3.98. The molecule has 0 aliphatic carbocycles. The van der Waals surface area contributed by atoms with Crippen molar-refractivity contribution in [1.29, 1.82) is 0 Å². The Balaban J connectivity index is 0.00000300. The molecule has 0 bridgehead atoms. The summed E-state index contributed by atoms with van der Waals surface area (Å²) in [6, 6.07) is 14.4. The molecular weight excluding hydrogens is 394 g/mol. The number of rotatable bonds is 9. The van der Waals surface area contributed by atoms with Crippen molar-refractivity contribution in [2.24, 2.45) is 5.73 Å². The van der Waals surface area contributed by atoms with Gasteiger partial charge in [-0.05, 0) is 42.5 Å². The summed E-state index contributed by atoms with van der Waals surface area (Å²) < 4.78 is 10.6. The highest BCUT2D eigenvalue weighted by Gasteiger charge is 2.09. The maximum atomic E-state index is 12.5. The number of amides is 1. The second kappa shape index (κ2) is 11.2. The topological polar surface area (TPSA) is 115 Å². The van der Waals surface area contributed by atoms with E-state index < -0.39 is 0 Å². The number of aromatic amines is 1. The van der Waals surface area contributed by atoms with Crippen LogP contribution in [-0.4, -0.2) is 41.4 Å². The van der Waals surface area contributed by atoms with Gasteiger partial charge in [-0.3, -0.25) is 9.89 Å². The van der Waals surface area contributed by atoms with E-state index in [1.54, 1.807) is 37.4 Å². The van der Waals surface area contributed by atoms with Crippen LogP contribution in [0.3, 0.4) is 0 Å². The first-order valence-corrected chi connectivity index (χ1v) is 8.94. The molecule has 0 spiro atoms. The summed E-state index contributed by atoms with van der Waals surface area (Å²) >= 11 is 0. The van der Waals surface area contributed by atoms with E-state index in [1.165, 1.54) is 0 Å². The van der Waals surface area contributed by atoms with Gasteiger partial charge >= 0.3 is 0 Å². The molecule has 0 saturated heterocycles. The molecule has 0 aliphatic rings. The Hall–Kier alpha value is -2.94. The lowest BCUT2D eigenvalue weighted by atomic mass is 10.1. The lowest BCUT2D eigenvalue weighted by Gasteiger charge is -2.09. The van der Waals surface area contributed by atoms with Gasteiger partial charge in [-0.2, -0.15) is 5.10 Å². The first kappa shape index (κ1) is 22.4. The number of carbonyl (C=O) groups is 1. The lowest BCUT2D eigenvalue weighted by Crippen LogP contribution is -2.12. The predicted octanol–water partition coefficient (Wildman–Crippen LogP) is 3.02. The first-order valence-electron chi connectivity index (χ1n) is 8.94. The quantitative estimate of drug-likeness (QED) is 0.461. The normalized spacial score (nSPS) is 10.3. The van der Waals surface area contributed by atoms with Crippen molar-refractivity contribution in [3.8, 4) is 17.1 Å². The minimum Gasteiger partial charge on any atom is -0.493 e. The van der Waals surface area contributed by atoms with E-state index >= 15 is 0 Å². The van der Waals surface area contributed by atoms with Crippen LogP contribution in [0.4, 0.5) is 5.69 Å². The fourth-order valence-corrected chi connectivity index (χ4v) is 2.54. The zero-order chi connectivity index (χ0) is 19.8. The number of anilines is 1. The summed E-state index contributed by atoms with van der Waals surface area (Å²) in [5.74, 6) is 1.63. The number of halogens is 1. The standard InChI is InChI=1S/C20H23N5O3.ClH/c1-27-10-3-11-28-17-5-2-4-15(12-17)20(26)22-16-8-6-14(7-9-16)19-23-18(13-21)24-25-19;/h2,4-9,12H,3,10-11,13,21H2,1H3,(H,22,26)(H,23,24,25);1H. The minimum atomic E-state index is -0.210. The molecule has 0 fully saturated rings. The molecule has 9 heteroatoms. The van der Waals surface area contributed by atoms with E-state index in [1.807, 2.05) is 18.2 Å². The third-order valence-corrected chi connectivity index (χ3v) is 3.98. The molecule has 1 amide bonds.